The van der Waals surface area contributed by atoms with Crippen molar-refractivity contribution in [3.63, 3.8) is 0 Å². The van der Waals surface area contributed by atoms with Crippen LogP contribution in [-0.2, 0) is 22.6 Å². The number of hydrogen-bond acceptors (Lipinski definition) is 4. The number of ether oxygens (including phenoxy) is 2. The van der Waals surface area contributed by atoms with E-state index in [2.05, 4.69) is 10.6 Å². The van der Waals surface area contributed by atoms with Gasteiger partial charge in [0.2, 0.25) is 0 Å². The molecule has 25 heavy (non-hydrogen) atoms. The maximum absolute atomic E-state index is 11.7. The molecule has 1 aromatic rings. The molecule has 0 aliphatic rings. The largest absolute Gasteiger partial charge is 0.444 e. The van der Waals surface area contributed by atoms with E-state index in [4.69, 9.17) is 9.47 Å². The first-order valence-electron chi connectivity index (χ1n) is 8.37. The Morgan fingerprint density at radius 3 is 1.48 bits per heavy atom. The zero-order chi connectivity index (χ0) is 19.3. The van der Waals surface area contributed by atoms with Gasteiger partial charge in [-0.25, -0.2) is 9.59 Å². The minimum Gasteiger partial charge on any atom is -0.444 e. The minimum atomic E-state index is -0.529. The van der Waals surface area contributed by atoms with Crippen molar-refractivity contribution in [1.29, 1.82) is 0 Å². The van der Waals surface area contributed by atoms with Crippen LogP contribution in [0.5, 0.6) is 0 Å². The fourth-order valence-corrected chi connectivity index (χ4v) is 2.13. The molecular weight excluding hydrogens is 320 g/mol. The average molecular weight is 350 g/mol. The van der Waals surface area contributed by atoms with Gasteiger partial charge in [-0.15, -0.1) is 0 Å². The van der Waals surface area contributed by atoms with Crippen LogP contribution in [0.15, 0.2) is 18.2 Å². The molecule has 6 nitrogen and oxygen atoms in total. The van der Waals surface area contributed by atoms with Crippen LogP contribution >= 0.6 is 0 Å². The topological polar surface area (TPSA) is 76.7 Å². The Morgan fingerprint density at radius 2 is 1.16 bits per heavy atom. The number of nitrogens with one attached hydrogen (secondary N) is 2. The van der Waals surface area contributed by atoms with Gasteiger partial charge in [-0.1, -0.05) is 23.8 Å². The van der Waals surface area contributed by atoms with Crippen molar-refractivity contribution in [2.75, 3.05) is 0 Å². The zero-order valence-electron chi connectivity index (χ0n) is 16.3. The highest BCUT2D eigenvalue weighted by molar-refractivity contribution is 5.68. The van der Waals surface area contributed by atoms with E-state index in [1.807, 2.05) is 66.7 Å². The lowest BCUT2D eigenvalue weighted by Gasteiger charge is -2.20. The van der Waals surface area contributed by atoms with Gasteiger partial charge in [0, 0.05) is 13.1 Å². The summed E-state index contributed by atoms with van der Waals surface area (Å²) in [5.74, 6) is 0. The normalized spacial score (nSPS) is 11.6. The van der Waals surface area contributed by atoms with Gasteiger partial charge in [-0.2, -0.15) is 0 Å². The van der Waals surface area contributed by atoms with E-state index in [0.717, 1.165) is 16.7 Å². The minimum absolute atomic E-state index is 0.357. The summed E-state index contributed by atoms with van der Waals surface area (Å²) in [6, 6.07) is 5.89. The first-order valence-corrected chi connectivity index (χ1v) is 8.37. The lowest BCUT2D eigenvalue weighted by molar-refractivity contribution is 0.0513. The van der Waals surface area contributed by atoms with Gasteiger partial charge >= 0.3 is 12.2 Å². The molecule has 140 valence electrons. The van der Waals surface area contributed by atoms with Crippen LogP contribution in [0.3, 0.4) is 0 Å². The van der Waals surface area contributed by atoms with Crippen molar-refractivity contribution < 1.29 is 19.1 Å². The molecule has 0 heterocycles. The molecule has 2 amide bonds. The Bertz CT molecular complexity index is 563. The SMILES string of the molecule is Cc1cc(CNC(=O)OC(C)(C)C)cc(CNC(=O)OC(C)(C)C)c1. The van der Waals surface area contributed by atoms with Crippen LogP contribution in [0.4, 0.5) is 9.59 Å². The van der Waals surface area contributed by atoms with Gasteiger partial charge in [0.05, 0.1) is 0 Å². The fraction of sp³-hybridized carbons (Fsp3) is 0.579. The van der Waals surface area contributed by atoms with Gasteiger partial charge in [-0.05, 0) is 59.6 Å². The van der Waals surface area contributed by atoms with Crippen molar-refractivity contribution in [2.24, 2.45) is 0 Å². The number of rotatable bonds is 4. The van der Waals surface area contributed by atoms with Gasteiger partial charge in [0.15, 0.2) is 0 Å². The van der Waals surface area contributed by atoms with Crippen molar-refractivity contribution in [1.82, 2.24) is 10.6 Å². The highest BCUT2D eigenvalue weighted by Gasteiger charge is 2.17. The number of carbonyl (C=O) groups excluding carboxylic acids is 2. The Hall–Kier alpha value is -2.24. The van der Waals surface area contributed by atoms with Gasteiger partial charge < -0.3 is 20.1 Å². The smallest absolute Gasteiger partial charge is 0.407 e. The van der Waals surface area contributed by atoms with Crippen LogP contribution in [0.1, 0.15) is 58.2 Å². The second kappa shape index (κ2) is 8.23. The molecule has 0 radical (unpaired) electrons. The molecule has 1 aromatic carbocycles. The van der Waals surface area contributed by atoms with Crippen molar-refractivity contribution in [3.8, 4) is 0 Å². The van der Waals surface area contributed by atoms with E-state index in [1.165, 1.54) is 0 Å². The van der Waals surface area contributed by atoms with E-state index < -0.39 is 23.4 Å². The third-order valence-corrected chi connectivity index (χ3v) is 2.87. The molecule has 0 saturated heterocycles. The quantitative estimate of drug-likeness (QED) is 0.859. The number of benzene rings is 1. The molecule has 0 saturated carbocycles. The fourth-order valence-electron chi connectivity index (χ4n) is 2.13. The molecule has 0 unspecified atom stereocenters. The molecule has 0 aromatic heterocycles. The summed E-state index contributed by atoms with van der Waals surface area (Å²) in [5, 5.41) is 5.47. The predicted octanol–water partition coefficient (Wildman–Crippen LogP) is 4.04. The lowest BCUT2D eigenvalue weighted by atomic mass is 10.1. The Kier molecular flexibility index (Phi) is 6.85. The van der Waals surface area contributed by atoms with Crippen LogP contribution in [-0.4, -0.2) is 23.4 Å². The summed E-state index contributed by atoms with van der Waals surface area (Å²) in [4.78, 5) is 23.5. The average Bonchev–Trinajstić information content (AvgIpc) is 2.39. The third kappa shape index (κ3) is 9.59. The first-order chi connectivity index (χ1) is 11.3. The molecule has 1 rings (SSSR count). The third-order valence-electron chi connectivity index (χ3n) is 2.87. The molecule has 0 atom stereocenters. The molecular formula is C19H30N2O4. The molecule has 2 N–H and O–H groups in total. The van der Waals surface area contributed by atoms with E-state index in [0.29, 0.717) is 13.1 Å². The molecule has 0 spiro atoms. The van der Waals surface area contributed by atoms with Crippen LogP contribution in [0.25, 0.3) is 0 Å². The van der Waals surface area contributed by atoms with E-state index >= 15 is 0 Å². The summed E-state index contributed by atoms with van der Waals surface area (Å²) >= 11 is 0. The number of amides is 2. The number of alkyl carbamates (subject to hydrolysis) is 2. The Balaban J connectivity index is 2.61. The highest BCUT2D eigenvalue weighted by Crippen LogP contribution is 2.12. The summed E-state index contributed by atoms with van der Waals surface area (Å²) in [7, 11) is 0. The van der Waals surface area contributed by atoms with Gasteiger partial charge in [0.1, 0.15) is 11.2 Å². The maximum atomic E-state index is 11.7. The molecule has 0 fully saturated rings. The first kappa shape index (κ1) is 20.8. The molecule has 0 bridgehead atoms. The van der Waals surface area contributed by atoms with Gasteiger partial charge in [0.25, 0.3) is 0 Å². The molecule has 0 aliphatic carbocycles. The van der Waals surface area contributed by atoms with E-state index in [9.17, 15) is 9.59 Å². The molecule has 6 heteroatoms. The lowest BCUT2D eigenvalue weighted by Crippen LogP contribution is -2.32. The van der Waals surface area contributed by atoms with E-state index in [-0.39, 0.29) is 0 Å². The monoisotopic (exact) mass is 350 g/mol. The summed E-state index contributed by atoms with van der Waals surface area (Å²) in [5.41, 5.74) is 1.86. The number of carbonyl (C=O) groups is 2. The predicted molar refractivity (Wildman–Crippen MR) is 97.3 cm³/mol. The second-order valence-corrected chi connectivity index (χ2v) is 8.04. The number of aryl methyl sites for hydroxylation is 1. The number of hydrogen-bond donors (Lipinski definition) is 2. The van der Waals surface area contributed by atoms with E-state index in [1.54, 1.807) is 0 Å². The summed E-state index contributed by atoms with van der Waals surface area (Å²) in [6.45, 7) is 13.6. The zero-order valence-corrected chi connectivity index (χ0v) is 16.3. The summed E-state index contributed by atoms with van der Waals surface area (Å²) in [6.07, 6.45) is -0.912. The van der Waals surface area contributed by atoms with Crippen LogP contribution in [0.2, 0.25) is 0 Å². The Labute approximate surface area is 150 Å². The highest BCUT2D eigenvalue weighted by atomic mass is 16.6. The maximum Gasteiger partial charge on any atom is 0.407 e. The van der Waals surface area contributed by atoms with Crippen molar-refractivity contribution >= 4 is 12.2 Å². The van der Waals surface area contributed by atoms with Crippen LogP contribution < -0.4 is 10.6 Å². The Morgan fingerprint density at radius 1 is 0.800 bits per heavy atom. The van der Waals surface area contributed by atoms with Gasteiger partial charge in [-0.3, -0.25) is 0 Å². The second-order valence-electron chi connectivity index (χ2n) is 8.04. The standard InChI is InChI=1S/C19H30N2O4/c1-13-8-14(11-20-16(22)24-18(2,3)4)10-15(9-13)12-21-17(23)25-19(5,6)7/h8-10H,11-12H2,1-7H3,(H,20,22)(H,21,23). The molecule has 0 aliphatic heterocycles. The van der Waals surface area contributed by atoms with Crippen LogP contribution in [0, 0.1) is 6.92 Å². The van der Waals surface area contributed by atoms with Crippen molar-refractivity contribution in [3.05, 3.63) is 34.9 Å². The summed E-state index contributed by atoms with van der Waals surface area (Å²) < 4.78 is 10.4. The van der Waals surface area contributed by atoms with Crippen molar-refractivity contribution in [2.45, 2.75) is 72.8 Å².